The summed E-state index contributed by atoms with van der Waals surface area (Å²) < 4.78 is 6.02. The Kier molecular flexibility index (Phi) is 14.5. The number of carbonyl (C=O) groups is 3. The monoisotopic (exact) mass is 803 g/mol. The molecule has 0 heterocycles. The number of esters is 1. The van der Waals surface area contributed by atoms with Gasteiger partial charge >= 0.3 is 11.9 Å². The summed E-state index contributed by atoms with van der Waals surface area (Å²) in [6, 6.07) is 11.2. The molecule has 3 N–H and O–H groups in total. The summed E-state index contributed by atoms with van der Waals surface area (Å²) in [5.41, 5.74) is 1.89. The molecule has 0 bridgehead atoms. The first-order valence-corrected chi connectivity index (χ1v) is 24.1. The van der Waals surface area contributed by atoms with Crippen LogP contribution in [0.2, 0.25) is 0 Å². The molecule has 0 saturated heterocycles. The summed E-state index contributed by atoms with van der Waals surface area (Å²) in [6.07, 6.45) is 21.0. The molecule has 0 spiro atoms. The molecular formula is C51H82N2O5. The summed E-state index contributed by atoms with van der Waals surface area (Å²) in [4.78, 5) is 38.5. The van der Waals surface area contributed by atoms with Crippen LogP contribution in [0.1, 0.15) is 182 Å². The first-order valence-electron chi connectivity index (χ1n) is 24.1. The van der Waals surface area contributed by atoms with E-state index in [1.807, 2.05) is 0 Å². The zero-order valence-electron chi connectivity index (χ0n) is 37.8. The molecule has 6 rings (SSSR count). The van der Waals surface area contributed by atoms with Crippen molar-refractivity contribution < 1.29 is 24.2 Å². The number of carboxylic acid groups (broad SMARTS) is 1. The van der Waals surface area contributed by atoms with Crippen LogP contribution in [0, 0.1) is 56.7 Å². The van der Waals surface area contributed by atoms with Gasteiger partial charge in [0.25, 0.3) is 0 Å². The number of carboxylic acids is 1. The van der Waals surface area contributed by atoms with Gasteiger partial charge in [0.2, 0.25) is 5.91 Å². The van der Waals surface area contributed by atoms with Gasteiger partial charge in [0, 0.05) is 18.9 Å². The van der Waals surface area contributed by atoms with E-state index in [0.29, 0.717) is 36.1 Å². The maximum atomic E-state index is 14.7. The second-order valence-corrected chi connectivity index (χ2v) is 21.7. The minimum atomic E-state index is -0.870. The molecule has 58 heavy (non-hydrogen) atoms. The second kappa shape index (κ2) is 18.7. The van der Waals surface area contributed by atoms with Crippen LogP contribution in [0.4, 0.5) is 0 Å². The quantitative estimate of drug-likeness (QED) is 0.0950. The molecule has 11 atom stereocenters. The van der Waals surface area contributed by atoms with E-state index >= 15 is 0 Å². The molecule has 326 valence electrons. The van der Waals surface area contributed by atoms with Gasteiger partial charge in [-0.2, -0.15) is 0 Å². The van der Waals surface area contributed by atoms with Crippen LogP contribution in [-0.4, -0.2) is 48.2 Å². The largest absolute Gasteiger partial charge is 0.481 e. The summed E-state index contributed by atoms with van der Waals surface area (Å²) in [7, 11) is 0. The molecule has 11 unspecified atom stereocenters. The predicted molar refractivity (Wildman–Crippen MR) is 234 cm³/mol. The molecule has 5 aliphatic rings. The number of fused-ring (bicyclic) bond motifs is 5. The van der Waals surface area contributed by atoms with Crippen LogP contribution >= 0.6 is 0 Å². The van der Waals surface area contributed by atoms with Crippen molar-refractivity contribution in [2.75, 3.05) is 13.1 Å². The highest BCUT2D eigenvalue weighted by Crippen LogP contribution is 2.78. The average Bonchev–Trinajstić information content (AvgIpc) is 3.84. The Morgan fingerprint density at radius 1 is 0.845 bits per heavy atom. The van der Waals surface area contributed by atoms with E-state index in [4.69, 9.17) is 9.84 Å². The minimum Gasteiger partial charge on any atom is -0.481 e. The summed E-state index contributed by atoms with van der Waals surface area (Å²) in [5.74, 6) is 1.88. The lowest BCUT2D eigenvalue weighted by molar-refractivity contribution is -0.245. The van der Waals surface area contributed by atoms with Gasteiger partial charge in [0.05, 0.1) is 5.41 Å². The van der Waals surface area contributed by atoms with Gasteiger partial charge in [-0.25, -0.2) is 0 Å². The van der Waals surface area contributed by atoms with Crippen molar-refractivity contribution in [3.8, 4) is 0 Å². The van der Waals surface area contributed by atoms with Gasteiger partial charge in [0.1, 0.15) is 6.10 Å². The molecule has 1 aromatic carbocycles. The molecular weight excluding hydrogens is 721 g/mol. The standard InChI is InChI=1S/C51H82N2O5/c1-8-37(33-38-15-10-9-11-16-38)24-32-52-35-39-20-21-40(34-39)53-46(57)51-27-13-17-43(51)49(6)29-23-42-47(4,25-14-26-48(42,5)50(49,7)30-31-51)28-22-41(36(2)3)58-45(56)19-12-18-44(54)55/h9-11,15-16,36-37,39-43,52H,8,12-14,17-35H2,1-7H3,(H,53,57)(H,54,55). The maximum Gasteiger partial charge on any atom is 0.306 e. The van der Waals surface area contributed by atoms with Gasteiger partial charge in [-0.3, -0.25) is 14.4 Å². The second-order valence-electron chi connectivity index (χ2n) is 21.7. The van der Waals surface area contributed by atoms with Crippen molar-refractivity contribution in [3.05, 3.63) is 35.9 Å². The highest BCUT2D eigenvalue weighted by atomic mass is 16.5. The van der Waals surface area contributed by atoms with Crippen molar-refractivity contribution in [1.82, 2.24) is 10.6 Å². The topological polar surface area (TPSA) is 105 Å². The number of carbonyl (C=O) groups excluding carboxylic acids is 2. The van der Waals surface area contributed by atoms with Crippen LogP contribution in [0.15, 0.2) is 30.3 Å². The Morgan fingerprint density at radius 3 is 2.33 bits per heavy atom. The van der Waals surface area contributed by atoms with Gasteiger partial charge in [-0.1, -0.05) is 98.1 Å². The van der Waals surface area contributed by atoms with Crippen molar-refractivity contribution in [2.24, 2.45) is 56.7 Å². The number of nitrogens with one attached hydrogen (secondary N) is 2. The summed E-state index contributed by atoms with van der Waals surface area (Å²) in [6.45, 7) is 19.2. The zero-order chi connectivity index (χ0) is 41.8. The third-order valence-corrected chi connectivity index (χ3v) is 18.4. The van der Waals surface area contributed by atoms with Crippen molar-refractivity contribution >= 4 is 17.8 Å². The lowest BCUT2D eigenvalue weighted by Gasteiger charge is -2.73. The van der Waals surface area contributed by atoms with Crippen LogP contribution in [0.3, 0.4) is 0 Å². The SMILES string of the molecule is CCC(CCNCC1CCC(NC(=O)C23CCCC2C2(C)CCC4C(C)(CCC(OC(=O)CCCC(=O)O)C(C)C)CCCC4(C)C2(C)CC3)C1)Cc1ccccc1. The molecule has 5 saturated carbocycles. The summed E-state index contributed by atoms with van der Waals surface area (Å²) in [5, 5.41) is 16.6. The lowest BCUT2D eigenvalue weighted by atomic mass is 9.31. The Bertz CT molecular complexity index is 1550. The van der Waals surface area contributed by atoms with Crippen LogP contribution < -0.4 is 10.6 Å². The van der Waals surface area contributed by atoms with Gasteiger partial charge < -0.3 is 20.5 Å². The van der Waals surface area contributed by atoms with E-state index in [1.54, 1.807) is 0 Å². The Morgan fingerprint density at radius 2 is 1.60 bits per heavy atom. The third kappa shape index (κ3) is 9.10. The van der Waals surface area contributed by atoms with Gasteiger partial charge in [-0.15, -0.1) is 0 Å². The molecule has 7 nitrogen and oxygen atoms in total. The number of ether oxygens (including phenoxy) is 1. The van der Waals surface area contributed by atoms with E-state index in [-0.39, 0.29) is 57.9 Å². The highest BCUT2D eigenvalue weighted by Gasteiger charge is 2.72. The van der Waals surface area contributed by atoms with E-state index < -0.39 is 5.97 Å². The molecule has 5 fully saturated rings. The van der Waals surface area contributed by atoms with Crippen molar-refractivity contribution in [1.29, 1.82) is 0 Å². The fourth-order valence-electron chi connectivity index (χ4n) is 14.6. The van der Waals surface area contributed by atoms with E-state index in [9.17, 15) is 14.4 Å². The number of aliphatic carboxylic acids is 1. The summed E-state index contributed by atoms with van der Waals surface area (Å²) >= 11 is 0. The molecule has 0 aromatic heterocycles. The first kappa shape index (κ1) is 45.1. The van der Waals surface area contributed by atoms with Crippen LogP contribution in [0.25, 0.3) is 0 Å². The maximum absolute atomic E-state index is 14.7. The molecule has 5 aliphatic carbocycles. The van der Waals surface area contributed by atoms with Crippen molar-refractivity contribution in [3.63, 3.8) is 0 Å². The van der Waals surface area contributed by atoms with Crippen LogP contribution in [0.5, 0.6) is 0 Å². The minimum absolute atomic E-state index is 0.000720. The highest BCUT2D eigenvalue weighted by molar-refractivity contribution is 5.84. The predicted octanol–water partition coefficient (Wildman–Crippen LogP) is 11.3. The number of rotatable bonds is 19. The average molecular weight is 803 g/mol. The van der Waals surface area contributed by atoms with Gasteiger partial charge in [-0.05, 0) is 173 Å². The van der Waals surface area contributed by atoms with E-state index in [1.165, 1.54) is 69.8 Å². The Labute approximate surface area is 352 Å². The number of benzene rings is 1. The normalized spacial score (nSPS) is 36.7. The Balaban J connectivity index is 1.05. The molecule has 0 radical (unpaired) electrons. The van der Waals surface area contributed by atoms with Crippen molar-refractivity contribution in [2.45, 2.75) is 195 Å². The van der Waals surface area contributed by atoms with E-state index in [0.717, 1.165) is 70.4 Å². The van der Waals surface area contributed by atoms with Crippen LogP contribution in [-0.2, 0) is 25.5 Å². The van der Waals surface area contributed by atoms with Gasteiger partial charge in [0.15, 0.2) is 0 Å². The smallest absolute Gasteiger partial charge is 0.306 e. The fraction of sp³-hybridized carbons (Fsp3) is 0.824. The number of hydrogen-bond acceptors (Lipinski definition) is 5. The fourth-order valence-corrected chi connectivity index (χ4v) is 14.6. The third-order valence-electron chi connectivity index (χ3n) is 18.4. The number of amides is 1. The molecule has 0 aliphatic heterocycles. The molecule has 7 heteroatoms. The van der Waals surface area contributed by atoms with E-state index in [2.05, 4.69) is 89.4 Å². The molecule has 1 amide bonds. The zero-order valence-corrected chi connectivity index (χ0v) is 37.8. The lowest BCUT2D eigenvalue weighted by Crippen LogP contribution is -2.67. The Hall–Kier alpha value is -2.41. The first-order chi connectivity index (χ1) is 27.6. The molecule has 1 aromatic rings. The number of hydrogen-bond donors (Lipinski definition) is 3.